The first-order chi connectivity index (χ1) is 28.4. The maximum Gasteiger partial charge on any atom is 0.306 e. The largest absolute Gasteiger partial charge is 0.462 e. The Hall–Kier alpha value is -1.59. The van der Waals surface area contributed by atoms with Crippen LogP contribution in [0.5, 0.6) is 0 Å². The molecule has 0 aliphatic rings. The van der Waals surface area contributed by atoms with Crippen LogP contribution in [0.1, 0.15) is 291 Å². The minimum Gasteiger partial charge on any atom is -0.462 e. The zero-order valence-corrected chi connectivity index (χ0v) is 39.5. The lowest BCUT2D eigenvalue weighted by atomic mass is 10.0. The molecule has 0 radical (unpaired) electrons. The van der Waals surface area contributed by atoms with Crippen molar-refractivity contribution in [2.24, 2.45) is 5.92 Å². The highest BCUT2D eigenvalue weighted by atomic mass is 16.6. The number of carbonyl (C=O) groups excluding carboxylic acids is 3. The maximum atomic E-state index is 12.8. The molecule has 1 atom stereocenters. The molecule has 6 nitrogen and oxygen atoms in total. The first-order valence-electron chi connectivity index (χ1n) is 25.9. The number of esters is 3. The Kier molecular flexibility index (Phi) is 45.2. The summed E-state index contributed by atoms with van der Waals surface area (Å²) in [5.74, 6) is -0.00172. The van der Waals surface area contributed by atoms with Crippen LogP contribution >= 0.6 is 0 Å². The van der Waals surface area contributed by atoms with Crippen molar-refractivity contribution in [1.29, 1.82) is 0 Å². The highest BCUT2D eigenvalue weighted by Crippen LogP contribution is 2.17. The molecule has 0 saturated heterocycles. The second-order valence-corrected chi connectivity index (χ2v) is 18.3. The van der Waals surface area contributed by atoms with E-state index in [0.717, 1.165) is 63.7 Å². The van der Waals surface area contributed by atoms with Crippen molar-refractivity contribution in [2.45, 2.75) is 297 Å². The first kappa shape index (κ1) is 56.4. The van der Waals surface area contributed by atoms with Crippen molar-refractivity contribution in [3.8, 4) is 0 Å². The molecule has 0 aromatic carbocycles. The van der Waals surface area contributed by atoms with Gasteiger partial charge in [-0.1, -0.05) is 252 Å². The Balaban J connectivity index is 4.28. The molecule has 0 unspecified atom stereocenters. The number of ether oxygens (including phenoxy) is 3. The fraction of sp³-hybridized carbons (Fsp3) is 0.942. The van der Waals surface area contributed by atoms with Crippen molar-refractivity contribution >= 4 is 17.9 Å². The zero-order chi connectivity index (χ0) is 42.4. The van der Waals surface area contributed by atoms with E-state index in [2.05, 4.69) is 27.7 Å². The van der Waals surface area contributed by atoms with Gasteiger partial charge in [-0.3, -0.25) is 14.4 Å². The van der Waals surface area contributed by atoms with Crippen LogP contribution in [-0.4, -0.2) is 37.2 Å². The lowest BCUT2D eigenvalue weighted by Gasteiger charge is -2.18. The number of rotatable bonds is 47. The summed E-state index contributed by atoms with van der Waals surface area (Å²) in [6, 6.07) is 0. The van der Waals surface area contributed by atoms with Crippen LogP contribution in [0, 0.1) is 5.92 Å². The molecular formula is C52H100O6. The molecule has 0 fully saturated rings. The second kappa shape index (κ2) is 46.5. The molecule has 58 heavy (non-hydrogen) atoms. The summed E-state index contributed by atoms with van der Waals surface area (Å²) in [5, 5.41) is 0. The lowest BCUT2D eigenvalue weighted by molar-refractivity contribution is -0.167. The average Bonchev–Trinajstić information content (AvgIpc) is 3.21. The predicted molar refractivity (Wildman–Crippen MR) is 247 cm³/mol. The van der Waals surface area contributed by atoms with Gasteiger partial charge in [-0.25, -0.2) is 0 Å². The van der Waals surface area contributed by atoms with E-state index in [1.54, 1.807) is 0 Å². The highest BCUT2D eigenvalue weighted by molar-refractivity contribution is 5.71. The quantitative estimate of drug-likeness (QED) is 0.0346. The van der Waals surface area contributed by atoms with Gasteiger partial charge >= 0.3 is 17.9 Å². The van der Waals surface area contributed by atoms with Crippen molar-refractivity contribution in [2.75, 3.05) is 13.2 Å². The monoisotopic (exact) mass is 821 g/mol. The molecule has 0 saturated carbocycles. The first-order valence-corrected chi connectivity index (χ1v) is 25.9. The zero-order valence-electron chi connectivity index (χ0n) is 39.5. The van der Waals surface area contributed by atoms with Crippen molar-refractivity contribution in [3.63, 3.8) is 0 Å². The summed E-state index contributed by atoms with van der Waals surface area (Å²) in [4.78, 5) is 37.9. The van der Waals surface area contributed by atoms with E-state index in [9.17, 15) is 14.4 Å². The van der Waals surface area contributed by atoms with Gasteiger partial charge in [-0.2, -0.15) is 0 Å². The fourth-order valence-electron chi connectivity index (χ4n) is 7.86. The molecule has 6 heteroatoms. The Morgan fingerprint density at radius 2 is 0.569 bits per heavy atom. The normalized spacial score (nSPS) is 11.9. The summed E-state index contributed by atoms with van der Waals surface area (Å²) >= 11 is 0. The molecule has 0 aliphatic heterocycles. The van der Waals surface area contributed by atoms with E-state index >= 15 is 0 Å². The number of carbonyl (C=O) groups is 3. The van der Waals surface area contributed by atoms with Gasteiger partial charge in [-0.15, -0.1) is 0 Å². The predicted octanol–water partition coefficient (Wildman–Crippen LogP) is 16.7. The fourth-order valence-corrected chi connectivity index (χ4v) is 7.86. The third kappa shape index (κ3) is 45.5. The number of hydrogen-bond donors (Lipinski definition) is 0. The molecule has 344 valence electrons. The Bertz CT molecular complexity index is 872. The van der Waals surface area contributed by atoms with Crippen LogP contribution in [0.25, 0.3) is 0 Å². The topological polar surface area (TPSA) is 78.9 Å². The van der Waals surface area contributed by atoms with Crippen LogP contribution in [-0.2, 0) is 28.6 Å². The maximum absolute atomic E-state index is 12.8. The van der Waals surface area contributed by atoms with Gasteiger partial charge in [0.2, 0.25) is 0 Å². The molecule has 0 aromatic rings. The molecule has 0 bridgehead atoms. The molecule has 0 rings (SSSR count). The van der Waals surface area contributed by atoms with Gasteiger partial charge in [0.25, 0.3) is 0 Å². The highest BCUT2D eigenvalue weighted by Gasteiger charge is 2.19. The van der Waals surface area contributed by atoms with Gasteiger partial charge in [0.05, 0.1) is 0 Å². The van der Waals surface area contributed by atoms with Crippen LogP contribution in [0.4, 0.5) is 0 Å². The SMILES string of the molecule is CCCCCCCCCCCCCCCC(=O)OC[C@@H](COC(=O)CCCCCCCCCCCC)OC(=O)CCCCCCCCCCCCCCCCC(C)C. The van der Waals surface area contributed by atoms with Crippen LogP contribution in [0.15, 0.2) is 0 Å². The van der Waals surface area contributed by atoms with E-state index in [1.165, 1.54) is 186 Å². The van der Waals surface area contributed by atoms with E-state index in [1.807, 2.05) is 0 Å². The van der Waals surface area contributed by atoms with E-state index in [4.69, 9.17) is 14.2 Å². The molecule has 0 aliphatic carbocycles. The van der Waals surface area contributed by atoms with Crippen LogP contribution < -0.4 is 0 Å². The standard InChI is InChI=1S/C52H100O6/c1-5-7-9-11-13-15-17-20-24-28-32-36-40-44-51(54)57-47-49(46-56-50(53)43-39-35-31-27-16-14-12-10-8-6-2)58-52(55)45-41-37-33-29-25-22-19-18-21-23-26-30-34-38-42-48(3)4/h48-49H,5-47H2,1-4H3/t49-/m1/s1. The Morgan fingerprint density at radius 1 is 0.328 bits per heavy atom. The summed E-state index contributed by atoms with van der Waals surface area (Å²) in [6.07, 6.45) is 48.0. The number of unbranched alkanes of at least 4 members (excludes halogenated alkanes) is 34. The molecule has 0 N–H and O–H groups in total. The minimum atomic E-state index is -0.760. The molecular weight excluding hydrogens is 721 g/mol. The summed E-state index contributed by atoms with van der Waals surface area (Å²) < 4.78 is 16.8. The van der Waals surface area contributed by atoms with Crippen molar-refractivity contribution in [3.05, 3.63) is 0 Å². The lowest BCUT2D eigenvalue weighted by Crippen LogP contribution is -2.30. The third-order valence-corrected chi connectivity index (χ3v) is 11.8. The number of hydrogen-bond acceptors (Lipinski definition) is 6. The van der Waals surface area contributed by atoms with Crippen LogP contribution in [0.3, 0.4) is 0 Å². The molecule has 0 aromatic heterocycles. The van der Waals surface area contributed by atoms with Gasteiger partial charge in [0.1, 0.15) is 13.2 Å². The Labute approximate surface area is 361 Å². The average molecular weight is 821 g/mol. The van der Waals surface area contributed by atoms with E-state index < -0.39 is 6.10 Å². The van der Waals surface area contributed by atoms with Crippen molar-refractivity contribution in [1.82, 2.24) is 0 Å². The van der Waals surface area contributed by atoms with E-state index in [-0.39, 0.29) is 31.1 Å². The van der Waals surface area contributed by atoms with E-state index in [0.29, 0.717) is 19.3 Å². The van der Waals surface area contributed by atoms with Gasteiger partial charge in [0.15, 0.2) is 6.10 Å². The van der Waals surface area contributed by atoms with Gasteiger partial charge in [0, 0.05) is 19.3 Å². The molecule has 0 heterocycles. The summed E-state index contributed by atoms with van der Waals surface area (Å²) in [7, 11) is 0. The van der Waals surface area contributed by atoms with Crippen molar-refractivity contribution < 1.29 is 28.6 Å². The summed E-state index contributed by atoms with van der Waals surface area (Å²) in [5.41, 5.74) is 0. The van der Waals surface area contributed by atoms with Gasteiger partial charge < -0.3 is 14.2 Å². The Morgan fingerprint density at radius 3 is 0.845 bits per heavy atom. The molecule has 0 amide bonds. The third-order valence-electron chi connectivity index (χ3n) is 11.8. The minimum absolute atomic E-state index is 0.0626. The molecule has 0 spiro atoms. The summed E-state index contributed by atoms with van der Waals surface area (Å²) in [6.45, 7) is 9.02. The van der Waals surface area contributed by atoms with Gasteiger partial charge in [-0.05, 0) is 25.2 Å². The smallest absolute Gasteiger partial charge is 0.306 e. The van der Waals surface area contributed by atoms with Crippen LogP contribution in [0.2, 0.25) is 0 Å². The second-order valence-electron chi connectivity index (χ2n) is 18.3.